The molecule has 7 nitrogen and oxygen atoms in total. The van der Waals surface area contributed by atoms with Gasteiger partial charge in [0.2, 0.25) is 5.89 Å². The highest BCUT2D eigenvalue weighted by molar-refractivity contribution is 4.85. The van der Waals surface area contributed by atoms with Crippen LogP contribution in [0.4, 0.5) is 0 Å². The Morgan fingerprint density at radius 3 is 3.22 bits per heavy atom. The van der Waals surface area contributed by atoms with Gasteiger partial charge in [-0.1, -0.05) is 5.16 Å². The van der Waals surface area contributed by atoms with Crippen LogP contribution in [0.2, 0.25) is 0 Å². The van der Waals surface area contributed by atoms with Crippen molar-refractivity contribution in [1.29, 1.82) is 0 Å². The summed E-state index contributed by atoms with van der Waals surface area (Å²) in [5, 5.41) is 3.84. The summed E-state index contributed by atoms with van der Waals surface area (Å²) in [6, 6.07) is 0. The van der Waals surface area contributed by atoms with Gasteiger partial charge in [0.05, 0.1) is 19.3 Å². The summed E-state index contributed by atoms with van der Waals surface area (Å²) in [5.41, 5.74) is 5.54. The number of hydrogen-bond donors (Lipinski definition) is 1. The van der Waals surface area contributed by atoms with Gasteiger partial charge in [-0.25, -0.2) is 0 Å². The molecule has 1 atom stereocenters. The van der Waals surface area contributed by atoms with E-state index in [0.29, 0.717) is 31.4 Å². The van der Waals surface area contributed by atoms with Gasteiger partial charge in [0.1, 0.15) is 6.61 Å². The molecule has 7 heteroatoms. The predicted octanol–water partition coefficient (Wildman–Crippen LogP) is -0.234. The molecule has 1 aliphatic rings. The van der Waals surface area contributed by atoms with Crippen LogP contribution in [0.1, 0.15) is 18.1 Å². The minimum atomic E-state index is 0.213. The van der Waals surface area contributed by atoms with E-state index in [-0.39, 0.29) is 6.10 Å². The highest BCUT2D eigenvalue weighted by atomic mass is 16.5. The number of aromatic nitrogens is 2. The number of nitrogens with two attached hydrogens (primary N) is 1. The molecule has 0 spiro atoms. The van der Waals surface area contributed by atoms with Gasteiger partial charge in [0.15, 0.2) is 5.82 Å². The first-order chi connectivity index (χ1) is 8.81. The summed E-state index contributed by atoms with van der Waals surface area (Å²) in [7, 11) is 1.61. The number of methoxy groups -OCH3 is 1. The summed E-state index contributed by atoms with van der Waals surface area (Å²) in [6.07, 6.45) is 1.10. The number of morpholine rings is 1. The van der Waals surface area contributed by atoms with Crippen LogP contribution in [0.25, 0.3) is 0 Å². The Kier molecular flexibility index (Phi) is 5.06. The molecular weight excluding hydrogens is 236 g/mol. The molecule has 102 valence electrons. The summed E-state index contributed by atoms with van der Waals surface area (Å²) in [5.74, 6) is 1.20. The van der Waals surface area contributed by atoms with Crippen molar-refractivity contribution in [3.63, 3.8) is 0 Å². The standard InChI is InChI=1S/C11H20N4O3/c1-16-8-10-13-11(18-14-10)7-15-4-5-17-9(6-15)2-3-12/h9H,2-8,12H2,1H3. The third-order valence-electron chi connectivity index (χ3n) is 2.85. The van der Waals surface area contributed by atoms with Crippen LogP contribution in [0.15, 0.2) is 4.52 Å². The predicted molar refractivity (Wildman–Crippen MR) is 63.7 cm³/mol. The van der Waals surface area contributed by atoms with Crippen LogP contribution in [0.5, 0.6) is 0 Å². The van der Waals surface area contributed by atoms with Gasteiger partial charge >= 0.3 is 0 Å². The van der Waals surface area contributed by atoms with E-state index < -0.39 is 0 Å². The van der Waals surface area contributed by atoms with E-state index >= 15 is 0 Å². The third kappa shape index (κ3) is 3.74. The van der Waals surface area contributed by atoms with Crippen LogP contribution >= 0.6 is 0 Å². The van der Waals surface area contributed by atoms with Gasteiger partial charge in [0.25, 0.3) is 0 Å². The van der Waals surface area contributed by atoms with Crippen molar-refractivity contribution in [3.8, 4) is 0 Å². The molecule has 1 aliphatic heterocycles. The quantitative estimate of drug-likeness (QED) is 0.752. The molecule has 0 aliphatic carbocycles. The van der Waals surface area contributed by atoms with Crippen LogP contribution < -0.4 is 5.73 Å². The highest BCUT2D eigenvalue weighted by Crippen LogP contribution is 2.11. The fourth-order valence-corrected chi connectivity index (χ4v) is 2.02. The van der Waals surface area contributed by atoms with Crippen LogP contribution in [-0.4, -0.2) is 54.5 Å². The fraction of sp³-hybridized carbons (Fsp3) is 0.818. The topological polar surface area (TPSA) is 86.6 Å². The number of hydrogen-bond acceptors (Lipinski definition) is 7. The minimum absolute atomic E-state index is 0.213. The molecule has 0 amide bonds. The summed E-state index contributed by atoms with van der Waals surface area (Å²) in [6.45, 7) is 4.15. The molecule has 0 bridgehead atoms. The molecule has 1 aromatic heterocycles. The van der Waals surface area contributed by atoms with Crippen molar-refractivity contribution in [1.82, 2.24) is 15.0 Å². The maximum Gasteiger partial charge on any atom is 0.240 e. The van der Waals surface area contributed by atoms with Gasteiger partial charge in [-0.15, -0.1) is 0 Å². The van der Waals surface area contributed by atoms with Crippen molar-refractivity contribution in [2.45, 2.75) is 25.7 Å². The lowest BCUT2D eigenvalue weighted by Crippen LogP contribution is -2.42. The molecule has 1 saturated heterocycles. The Morgan fingerprint density at radius 1 is 1.56 bits per heavy atom. The summed E-state index contributed by atoms with van der Waals surface area (Å²) >= 11 is 0. The van der Waals surface area contributed by atoms with Gasteiger partial charge < -0.3 is 19.7 Å². The first kappa shape index (κ1) is 13.4. The Balaban J connectivity index is 1.84. The molecule has 1 aromatic rings. The molecule has 2 heterocycles. The van der Waals surface area contributed by atoms with E-state index in [1.165, 1.54) is 0 Å². The average molecular weight is 256 g/mol. The molecule has 0 aromatic carbocycles. The molecule has 2 rings (SSSR count). The van der Waals surface area contributed by atoms with Crippen molar-refractivity contribution in [2.24, 2.45) is 5.73 Å². The van der Waals surface area contributed by atoms with E-state index in [4.69, 9.17) is 19.7 Å². The number of ether oxygens (including phenoxy) is 2. The molecule has 2 N–H and O–H groups in total. The summed E-state index contributed by atoms with van der Waals surface area (Å²) < 4.78 is 15.7. The highest BCUT2D eigenvalue weighted by Gasteiger charge is 2.21. The van der Waals surface area contributed by atoms with Crippen LogP contribution in [0.3, 0.4) is 0 Å². The zero-order valence-corrected chi connectivity index (χ0v) is 10.7. The van der Waals surface area contributed by atoms with E-state index in [2.05, 4.69) is 15.0 Å². The third-order valence-corrected chi connectivity index (χ3v) is 2.85. The molecule has 1 fully saturated rings. The molecule has 18 heavy (non-hydrogen) atoms. The number of rotatable bonds is 6. The minimum Gasteiger partial charge on any atom is -0.377 e. The van der Waals surface area contributed by atoms with Gasteiger partial charge in [-0.05, 0) is 13.0 Å². The first-order valence-electron chi connectivity index (χ1n) is 6.16. The second kappa shape index (κ2) is 6.79. The Hall–Kier alpha value is -1.02. The lowest BCUT2D eigenvalue weighted by Gasteiger charge is -2.31. The van der Waals surface area contributed by atoms with Crippen molar-refractivity contribution >= 4 is 0 Å². The van der Waals surface area contributed by atoms with E-state index in [1.54, 1.807) is 7.11 Å². The van der Waals surface area contributed by atoms with Gasteiger partial charge in [0, 0.05) is 20.2 Å². The van der Waals surface area contributed by atoms with Crippen LogP contribution in [0, 0.1) is 0 Å². The normalized spacial score (nSPS) is 21.3. The Morgan fingerprint density at radius 2 is 2.44 bits per heavy atom. The van der Waals surface area contributed by atoms with E-state index in [0.717, 1.165) is 26.1 Å². The molecule has 1 unspecified atom stereocenters. The Labute approximate surface area is 106 Å². The SMILES string of the molecule is COCc1noc(CN2CCOC(CCN)C2)n1. The fourth-order valence-electron chi connectivity index (χ4n) is 2.02. The maximum atomic E-state index is 5.62. The zero-order valence-electron chi connectivity index (χ0n) is 10.7. The van der Waals surface area contributed by atoms with Gasteiger partial charge in [-0.3, -0.25) is 4.90 Å². The van der Waals surface area contributed by atoms with E-state index in [1.807, 2.05) is 0 Å². The number of nitrogens with zero attached hydrogens (tertiary/aromatic N) is 3. The largest absolute Gasteiger partial charge is 0.377 e. The second-order valence-electron chi connectivity index (χ2n) is 4.34. The maximum absolute atomic E-state index is 5.62. The lowest BCUT2D eigenvalue weighted by molar-refractivity contribution is -0.0361. The summed E-state index contributed by atoms with van der Waals surface area (Å²) in [4.78, 5) is 6.50. The molecule has 0 radical (unpaired) electrons. The lowest BCUT2D eigenvalue weighted by atomic mass is 10.2. The monoisotopic (exact) mass is 256 g/mol. The average Bonchev–Trinajstić information content (AvgIpc) is 2.78. The second-order valence-corrected chi connectivity index (χ2v) is 4.34. The van der Waals surface area contributed by atoms with Gasteiger partial charge in [-0.2, -0.15) is 4.98 Å². The van der Waals surface area contributed by atoms with Crippen molar-refractivity contribution < 1.29 is 14.0 Å². The first-order valence-corrected chi connectivity index (χ1v) is 6.16. The molecule has 0 saturated carbocycles. The van der Waals surface area contributed by atoms with Crippen LogP contribution in [-0.2, 0) is 22.6 Å². The van der Waals surface area contributed by atoms with Crippen molar-refractivity contribution in [2.75, 3.05) is 33.4 Å². The Bertz CT molecular complexity index is 356. The smallest absolute Gasteiger partial charge is 0.240 e. The van der Waals surface area contributed by atoms with Crippen molar-refractivity contribution in [3.05, 3.63) is 11.7 Å². The van der Waals surface area contributed by atoms with E-state index in [9.17, 15) is 0 Å². The zero-order chi connectivity index (χ0) is 12.8. The molecular formula is C11H20N4O3.